The first-order valence-corrected chi connectivity index (χ1v) is 7.27. The van der Waals surface area contributed by atoms with Crippen molar-refractivity contribution in [2.75, 3.05) is 13.7 Å². The molecule has 0 aliphatic rings. The highest BCUT2D eigenvalue weighted by atomic mass is 35.5. The van der Waals surface area contributed by atoms with Gasteiger partial charge < -0.3 is 10.1 Å². The van der Waals surface area contributed by atoms with Gasteiger partial charge in [0.05, 0.1) is 13.2 Å². The van der Waals surface area contributed by atoms with Crippen LogP contribution < -0.4 is 10.1 Å². The van der Waals surface area contributed by atoms with Crippen molar-refractivity contribution in [3.05, 3.63) is 63.9 Å². The molecule has 0 aromatic heterocycles. The molecule has 2 aromatic rings. The monoisotopic (exact) mass is 307 g/mol. The lowest BCUT2D eigenvalue weighted by Crippen LogP contribution is -2.22. The summed E-state index contributed by atoms with van der Waals surface area (Å²) < 4.78 is 19.1. The maximum atomic E-state index is 13.7. The minimum Gasteiger partial charge on any atom is -0.496 e. The molecule has 112 valence electrons. The van der Waals surface area contributed by atoms with Crippen LogP contribution in [0.3, 0.4) is 0 Å². The maximum absolute atomic E-state index is 13.7. The predicted molar refractivity (Wildman–Crippen MR) is 84.7 cm³/mol. The van der Waals surface area contributed by atoms with Gasteiger partial charge in [0.25, 0.3) is 0 Å². The third kappa shape index (κ3) is 3.74. The summed E-state index contributed by atoms with van der Waals surface area (Å²) in [6, 6.07) is 10.4. The Morgan fingerprint density at radius 3 is 2.62 bits per heavy atom. The van der Waals surface area contributed by atoms with Gasteiger partial charge in [0.15, 0.2) is 0 Å². The Morgan fingerprint density at radius 1 is 1.24 bits per heavy atom. The van der Waals surface area contributed by atoms with E-state index in [1.54, 1.807) is 19.2 Å². The van der Waals surface area contributed by atoms with Gasteiger partial charge in [-0.3, -0.25) is 0 Å². The molecule has 4 heteroatoms. The van der Waals surface area contributed by atoms with Crippen LogP contribution in [0.15, 0.2) is 36.4 Å². The van der Waals surface area contributed by atoms with Crippen LogP contribution in [-0.2, 0) is 0 Å². The highest BCUT2D eigenvalue weighted by molar-refractivity contribution is 6.30. The Balaban J connectivity index is 2.52. The van der Waals surface area contributed by atoms with E-state index in [9.17, 15) is 4.39 Å². The average Bonchev–Trinajstić information content (AvgIpc) is 2.44. The fraction of sp³-hybridized carbons (Fsp3) is 0.294. The van der Waals surface area contributed by atoms with Gasteiger partial charge in [-0.25, -0.2) is 4.39 Å². The molecule has 1 N–H and O–H groups in total. The zero-order chi connectivity index (χ0) is 15.4. The van der Waals surface area contributed by atoms with Gasteiger partial charge in [-0.05, 0) is 48.9 Å². The summed E-state index contributed by atoms with van der Waals surface area (Å²) in [6.07, 6.45) is 0. The summed E-state index contributed by atoms with van der Waals surface area (Å²) >= 11 is 6.01. The number of benzene rings is 2. The lowest BCUT2D eigenvalue weighted by molar-refractivity contribution is 0.404. The average molecular weight is 308 g/mol. The molecular formula is C17H19ClFNO. The van der Waals surface area contributed by atoms with Crippen molar-refractivity contribution in [2.24, 2.45) is 0 Å². The van der Waals surface area contributed by atoms with E-state index < -0.39 is 0 Å². The molecule has 1 atom stereocenters. The van der Waals surface area contributed by atoms with Crippen molar-refractivity contribution in [1.29, 1.82) is 0 Å². The number of hydrogen-bond acceptors (Lipinski definition) is 2. The quantitative estimate of drug-likeness (QED) is 0.878. The second-order valence-corrected chi connectivity index (χ2v) is 5.38. The molecule has 0 fully saturated rings. The van der Waals surface area contributed by atoms with E-state index >= 15 is 0 Å². The van der Waals surface area contributed by atoms with Gasteiger partial charge in [0, 0.05) is 10.6 Å². The van der Waals surface area contributed by atoms with E-state index in [0.29, 0.717) is 10.8 Å². The predicted octanol–water partition coefficient (Wildman–Crippen LogP) is 4.50. The van der Waals surface area contributed by atoms with Crippen LogP contribution in [0.4, 0.5) is 4.39 Å². The molecule has 0 saturated carbocycles. The molecule has 0 heterocycles. The van der Waals surface area contributed by atoms with E-state index in [-0.39, 0.29) is 11.9 Å². The molecule has 0 aliphatic carbocycles. The van der Waals surface area contributed by atoms with Crippen LogP contribution in [-0.4, -0.2) is 13.7 Å². The second-order valence-electron chi connectivity index (χ2n) is 4.94. The van der Waals surface area contributed by atoms with E-state index in [4.69, 9.17) is 16.3 Å². The minimum atomic E-state index is -0.235. The number of halogens is 2. The van der Waals surface area contributed by atoms with Crippen molar-refractivity contribution in [3.63, 3.8) is 0 Å². The van der Waals surface area contributed by atoms with Crippen molar-refractivity contribution >= 4 is 11.6 Å². The zero-order valence-electron chi connectivity index (χ0n) is 12.4. The van der Waals surface area contributed by atoms with E-state index in [1.807, 2.05) is 32.0 Å². The number of aryl methyl sites for hydroxylation is 1. The number of hydrogen-bond donors (Lipinski definition) is 1. The van der Waals surface area contributed by atoms with Gasteiger partial charge in [-0.15, -0.1) is 0 Å². The van der Waals surface area contributed by atoms with Crippen LogP contribution in [0.2, 0.25) is 5.02 Å². The zero-order valence-corrected chi connectivity index (χ0v) is 13.2. The summed E-state index contributed by atoms with van der Waals surface area (Å²) in [5.74, 6) is 0.455. The van der Waals surface area contributed by atoms with Crippen molar-refractivity contribution < 1.29 is 9.13 Å². The van der Waals surface area contributed by atoms with Gasteiger partial charge in [-0.2, -0.15) is 0 Å². The van der Waals surface area contributed by atoms with Crippen LogP contribution in [0.25, 0.3) is 0 Å². The normalized spacial score (nSPS) is 12.2. The lowest BCUT2D eigenvalue weighted by atomic mass is 9.96. The molecular weight excluding hydrogens is 289 g/mol. The first-order chi connectivity index (χ1) is 10.0. The van der Waals surface area contributed by atoms with Gasteiger partial charge in [0.1, 0.15) is 11.6 Å². The van der Waals surface area contributed by atoms with Crippen LogP contribution in [0.5, 0.6) is 5.75 Å². The lowest BCUT2D eigenvalue weighted by Gasteiger charge is -2.22. The van der Waals surface area contributed by atoms with Crippen molar-refractivity contribution in [1.82, 2.24) is 5.32 Å². The third-order valence-corrected chi connectivity index (χ3v) is 3.55. The molecule has 0 amide bonds. The summed E-state index contributed by atoms with van der Waals surface area (Å²) in [6.45, 7) is 4.65. The van der Waals surface area contributed by atoms with E-state index in [2.05, 4.69) is 5.32 Å². The highest BCUT2D eigenvalue weighted by Gasteiger charge is 2.18. The fourth-order valence-corrected chi connectivity index (χ4v) is 2.63. The molecule has 2 rings (SSSR count). The Labute approximate surface area is 129 Å². The topological polar surface area (TPSA) is 21.3 Å². The Morgan fingerprint density at radius 2 is 2.00 bits per heavy atom. The smallest absolute Gasteiger partial charge is 0.125 e. The largest absolute Gasteiger partial charge is 0.496 e. The molecule has 0 radical (unpaired) electrons. The van der Waals surface area contributed by atoms with E-state index in [0.717, 1.165) is 23.2 Å². The molecule has 2 nitrogen and oxygen atoms in total. The molecule has 2 aromatic carbocycles. The molecule has 0 aliphatic heterocycles. The third-order valence-electron chi connectivity index (χ3n) is 3.31. The van der Waals surface area contributed by atoms with Crippen molar-refractivity contribution in [2.45, 2.75) is 19.9 Å². The molecule has 0 bridgehead atoms. The summed E-state index contributed by atoms with van der Waals surface area (Å²) in [5, 5.41) is 3.99. The maximum Gasteiger partial charge on any atom is 0.125 e. The minimum absolute atomic E-state index is 0.142. The first-order valence-electron chi connectivity index (χ1n) is 6.89. The highest BCUT2D eigenvalue weighted by Crippen LogP contribution is 2.32. The fourth-order valence-electron chi connectivity index (χ4n) is 2.47. The van der Waals surface area contributed by atoms with Crippen LogP contribution >= 0.6 is 11.6 Å². The molecule has 1 unspecified atom stereocenters. The standard InChI is InChI=1S/C17H19ClFNO/c1-4-20-17(12-7-11(2)8-14(19)9-12)15-6-5-13(18)10-16(15)21-3/h5-10,17,20H,4H2,1-3H3. The molecule has 21 heavy (non-hydrogen) atoms. The first kappa shape index (κ1) is 15.8. The van der Waals surface area contributed by atoms with Gasteiger partial charge in [0.2, 0.25) is 0 Å². The van der Waals surface area contributed by atoms with Crippen molar-refractivity contribution in [3.8, 4) is 5.75 Å². The van der Waals surface area contributed by atoms with E-state index in [1.165, 1.54) is 6.07 Å². The van der Waals surface area contributed by atoms with Crippen LogP contribution in [0.1, 0.15) is 29.7 Å². The number of rotatable bonds is 5. The van der Waals surface area contributed by atoms with Gasteiger partial charge in [-0.1, -0.05) is 30.7 Å². The summed E-state index contributed by atoms with van der Waals surface area (Å²) in [4.78, 5) is 0. The SMILES string of the molecule is CCNC(c1cc(C)cc(F)c1)c1ccc(Cl)cc1OC. The molecule has 0 saturated heterocycles. The summed E-state index contributed by atoms with van der Waals surface area (Å²) in [5.41, 5.74) is 2.70. The van der Waals surface area contributed by atoms with Gasteiger partial charge >= 0.3 is 0 Å². The molecule has 0 spiro atoms. The Bertz CT molecular complexity index is 610. The Kier molecular flexibility index (Phi) is 5.21. The second kappa shape index (κ2) is 6.92. The summed E-state index contributed by atoms with van der Waals surface area (Å²) in [7, 11) is 1.61. The number of ether oxygens (including phenoxy) is 1. The van der Waals surface area contributed by atoms with Crippen LogP contribution in [0, 0.1) is 12.7 Å². The Hall–Kier alpha value is -1.58. The number of methoxy groups -OCH3 is 1. The number of nitrogens with one attached hydrogen (secondary N) is 1.